The molecule has 0 heterocycles. The van der Waals surface area contributed by atoms with Gasteiger partial charge < -0.3 is 14.2 Å². The molecule has 0 amide bonds. The van der Waals surface area contributed by atoms with Gasteiger partial charge in [-0.1, -0.05) is 223 Å². The molecular weight excluding hydrogens is 781 g/mol. The predicted octanol–water partition coefficient (Wildman–Crippen LogP) is 17.9. The summed E-state index contributed by atoms with van der Waals surface area (Å²) >= 11 is 0. The molecule has 1 unspecified atom stereocenters. The van der Waals surface area contributed by atoms with E-state index >= 15 is 0 Å². The van der Waals surface area contributed by atoms with E-state index in [9.17, 15) is 14.4 Å². The standard InChI is InChI=1S/C57H102O6/c1-4-7-10-13-16-19-22-24-25-26-27-28-29-30-31-33-35-38-41-44-47-50-56(59)62-53-54(52-61-55(58)49-46-43-40-37-34-21-18-15-12-9-6-3)63-57(60)51-48-45-42-39-36-32-23-20-17-14-11-8-5-2/h20,22-24,26-27,29-30,54H,4-19,21,25,28,31-53H2,1-3H3/b23-20-,24-22-,27-26-,30-29-. The molecule has 0 aromatic heterocycles. The van der Waals surface area contributed by atoms with Crippen molar-refractivity contribution in [2.24, 2.45) is 0 Å². The highest BCUT2D eigenvalue weighted by Crippen LogP contribution is 2.15. The second-order valence-electron chi connectivity index (χ2n) is 18.1. The highest BCUT2D eigenvalue weighted by molar-refractivity contribution is 5.71. The first-order valence-electron chi connectivity index (χ1n) is 27.1. The fraction of sp³-hybridized carbons (Fsp3) is 0.807. The fourth-order valence-electron chi connectivity index (χ4n) is 7.68. The van der Waals surface area contributed by atoms with Crippen LogP contribution in [0.2, 0.25) is 0 Å². The lowest BCUT2D eigenvalue weighted by atomic mass is 10.1. The van der Waals surface area contributed by atoms with Crippen molar-refractivity contribution in [2.45, 2.75) is 284 Å². The van der Waals surface area contributed by atoms with Crippen molar-refractivity contribution in [3.8, 4) is 0 Å². The van der Waals surface area contributed by atoms with Crippen LogP contribution in [0.4, 0.5) is 0 Å². The summed E-state index contributed by atoms with van der Waals surface area (Å²) in [6, 6.07) is 0. The summed E-state index contributed by atoms with van der Waals surface area (Å²) in [6.45, 7) is 6.60. The average molecular weight is 883 g/mol. The van der Waals surface area contributed by atoms with Crippen LogP contribution in [0.5, 0.6) is 0 Å². The number of esters is 3. The van der Waals surface area contributed by atoms with Gasteiger partial charge >= 0.3 is 17.9 Å². The highest BCUT2D eigenvalue weighted by Gasteiger charge is 2.19. The number of ether oxygens (including phenoxy) is 3. The summed E-state index contributed by atoms with van der Waals surface area (Å²) in [5.41, 5.74) is 0. The summed E-state index contributed by atoms with van der Waals surface area (Å²) in [5, 5.41) is 0. The van der Waals surface area contributed by atoms with Gasteiger partial charge in [-0.2, -0.15) is 0 Å². The first kappa shape index (κ1) is 60.4. The van der Waals surface area contributed by atoms with E-state index < -0.39 is 6.10 Å². The number of allylic oxidation sites excluding steroid dienone is 8. The number of carbonyl (C=O) groups excluding carboxylic acids is 3. The zero-order chi connectivity index (χ0) is 45.8. The molecule has 366 valence electrons. The lowest BCUT2D eigenvalue weighted by Crippen LogP contribution is -2.30. The molecule has 0 radical (unpaired) electrons. The Bertz CT molecular complexity index is 1110. The maximum Gasteiger partial charge on any atom is 0.306 e. The maximum absolute atomic E-state index is 12.8. The molecule has 6 heteroatoms. The van der Waals surface area contributed by atoms with Crippen LogP contribution in [-0.4, -0.2) is 37.2 Å². The van der Waals surface area contributed by atoms with Gasteiger partial charge in [-0.25, -0.2) is 0 Å². The van der Waals surface area contributed by atoms with Crippen LogP contribution in [0, 0.1) is 0 Å². The molecule has 0 aromatic carbocycles. The van der Waals surface area contributed by atoms with Gasteiger partial charge in [0.2, 0.25) is 0 Å². The van der Waals surface area contributed by atoms with Gasteiger partial charge in [0.25, 0.3) is 0 Å². The van der Waals surface area contributed by atoms with Gasteiger partial charge in [0.15, 0.2) is 6.10 Å². The molecule has 0 saturated carbocycles. The zero-order valence-electron chi connectivity index (χ0n) is 41.8. The zero-order valence-corrected chi connectivity index (χ0v) is 41.8. The Balaban J connectivity index is 4.33. The van der Waals surface area contributed by atoms with E-state index in [1.807, 2.05) is 0 Å². The van der Waals surface area contributed by atoms with E-state index in [4.69, 9.17) is 14.2 Å². The van der Waals surface area contributed by atoms with Crippen LogP contribution in [0.3, 0.4) is 0 Å². The first-order chi connectivity index (χ1) is 31.0. The number of hydrogen-bond acceptors (Lipinski definition) is 6. The minimum absolute atomic E-state index is 0.0785. The molecule has 0 aliphatic heterocycles. The molecule has 0 aliphatic carbocycles. The van der Waals surface area contributed by atoms with E-state index in [1.165, 1.54) is 148 Å². The quantitative estimate of drug-likeness (QED) is 0.0262. The molecule has 6 nitrogen and oxygen atoms in total. The Morgan fingerprint density at radius 2 is 0.571 bits per heavy atom. The average Bonchev–Trinajstić information content (AvgIpc) is 3.28. The van der Waals surface area contributed by atoms with Gasteiger partial charge in [0.05, 0.1) is 0 Å². The Hall–Kier alpha value is -2.63. The van der Waals surface area contributed by atoms with Crippen molar-refractivity contribution in [2.75, 3.05) is 13.2 Å². The van der Waals surface area contributed by atoms with Crippen molar-refractivity contribution in [3.05, 3.63) is 48.6 Å². The van der Waals surface area contributed by atoms with Crippen LogP contribution in [0.15, 0.2) is 48.6 Å². The minimum Gasteiger partial charge on any atom is -0.462 e. The van der Waals surface area contributed by atoms with Crippen LogP contribution in [-0.2, 0) is 28.6 Å². The molecule has 0 fully saturated rings. The second kappa shape index (κ2) is 52.0. The van der Waals surface area contributed by atoms with Crippen LogP contribution in [0.1, 0.15) is 278 Å². The predicted molar refractivity (Wildman–Crippen MR) is 270 cm³/mol. The second-order valence-corrected chi connectivity index (χ2v) is 18.1. The molecule has 0 saturated heterocycles. The van der Waals surface area contributed by atoms with E-state index in [2.05, 4.69) is 69.4 Å². The van der Waals surface area contributed by atoms with Crippen molar-refractivity contribution >= 4 is 17.9 Å². The molecule has 63 heavy (non-hydrogen) atoms. The third kappa shape index (κ3) is 50.2. The SMILES string of the molecule is CCCCCC/C=C\CCCCCCCC(=O)OC(COC(=O)CCCCCCCC/C=C\C/C=C\C/C=C\CCCCCCC)COC(=O)CCCCCCCCCCCCC. The molecule has 0 aliphatic rings. The lowest BCUT2D eigenvalue weighted by Gasteiger charge is -2.18. The molecular formula is C57H102O6. The number of hydrogen-bond donors (Lipinski definition) is 0. The van der Waals surface area contributed by atoms with Gasteiger partial charge in [0.1, 0.15) is 13.2 Å². The highest BCUT2D eigenvalue weighted by atomic mass is 16.6. The molecule has 0 bridgehead atoms. The molecule has 0 aromatic rings. The summed E-state index contributed by atoms with van der Waals surface area (Å²) in [5.74, 6) is -0.893. The molecule has 1 atom stereocenters. The van der Waals surface area contributed by atoms with E-state index in [1.54, 1.807) is 0 Å². The first-order valence-corrected chi connectivity index (χ1v) is 27.1. The third-order valence-corrected chi connectivity index (χ3v) is 11.8. The Kier molecular flexibility index (Phi) is 49.8. The summed E-state index contributed by atoms with van der Waals surface area (Å²) in [6.07, 6.45) is 62.4. The third-order valence-electron chi connectivity index (χ3n) is 11.8. The number of unbranched alkanes of at least 4 members (excludes halogenated alkanes) is 30. The van der Waals surface area contributed by atoms with Gasteiger partial charge in [-0.05, 0) is 83.5 Å². The molecule has 0 spiro atoms. The van der Waals surface area contributed by atoms with Crippen molar-refractivity contribution in [3.63, 3.8) is 0 Å². The Labute approximate surface area is 390 Å². The smallest absolute Gasteiger partial charge is 0.306 e. The normalized spacial score (nSPS) is 12.4. The van der Waals surface area contributed by atoms with Crippen molar-refractivity contribution in [1.82, 2.24) is 0 Å². The van der Waals surface area contributed by atoms with Crippen LogP contribution < -0.4 is 0 Å². The summed E-state index contributed by atoms with van der Waals surface area (Å²) < 4.78 is 16.8. The van der Waals surface area contributed by atoms with Crippen molar-refractivity contribution in [1.29, 1.82) is 0 Å². The monoisotopic (exact) mass is 883 g/mol. The van der Waals surface area contributed by atoms with Gasteiger partial charge in [0, 0.05) is 19.3 Å². The van der Waals surface area contributed by atoms with E-state index in [0.29, 0.717) is 19.3 Å². The Morgan fingerprint density at radius 1 is 0.317 bits per heavy atom. The topological polar surface area (TPSA) is 78.9 Å². The van der Waals surface area contributed by atoms with Gasteiger partial charge in [-0.3, -0.25) is 14.4 Å². The Morgan fingerprint density at radius 3 is 0.921 bits per heavy atom. The molecule has 0 N–H and O–H groups in total. The summed E-state index contributed by atoms with van der Waals surface area (Å²) in [7, 11) is 0. The number of rotatable bonds is 49. The van der Waals surface area contributed by atoms with Crippen LogP contribution >= 0.6 is 0 Å². The van der Waals surface area contributed by atoms with E-state index in [0.717, 1.165) is 89.9 Å². The molecule has 0 rings (SSSR count). The minimum atomic E-state index is -0.779. The lowest BCUT2D eigenvalue weighted by molar-refractivity contribution is -0.167. The maximum atomic E-state index is 12.8. The number of carbonyl (C=O) groups is 3. The fourth-order valence-corrected chi connectivity index (χ4v) is 7.68. The van der Waals surface area contributed by atoms with Crippen molar-refractivity contribution < 1.29 is 28.6 Å². The van der Waals surface area contributed by atoms with Crippen LogP contribution in [0.25, 0.3) is 0 Å². The van der Waals surface area contributed by atoms with E-state index in [-0.39, 0.29) is 31.1 Å². The largest absolute Gasteiger partial charge is 0.462 e. The summed E-state index contributed by atoms with van der Waals surface area (Å²) in [4.78, 5) is 38.0. The van der Waals surface area contributed by atoms with Gasteiger partial charge in [-0.15, -0.1) is 0 Å².